The molecule has 0 aliphatic heterocycles. The second-order valence-electron chi connectivity index (χ2n) is 4.58. The van der Waals surface area contributed by atoms with Gasteiger partial charge in [0, 0.05) is 36.3 Å². The summed E-state index contributed by atoms with van der Waals surface area (Å²) in [4.78, 5) is 12.0. The highest BCUT2D eigenvalue weighted by atomic mass is 15.0. The minimum atomic E-state index is 0.816. The Kier molecular flexibility index (Phi) is 3.60. The Labute approximate surface area is 117 Å². The largest absolute Gasteiger partial charge is 0.359 e. The summed E-state index contributed by atoms with van der Waals surface area (Å²) >= 11 is 0. The highest BCUT2D eigenvalue weighted by Gasteiger charge is 2.04. The summed E-state index contributed by atoms with van der Waals surface area (Å²) in [6.45, 7) is 0.872. The van der Waals surface area contributed by atoms with Gasteiger partial charge < -0.3 is 15.6 Å². The zero-order valence-corrected chi connectivity index (χ0v) is 11.4. The van der Waals surface area contributed by atoms with Crippen LogP contribution in [0, 0.1) is 0 Å². The molecule has 3 aromatic rings. The van der Waals surface area contributed by atoms with Crippen molar-refractivity contribution in [3.8, 4) is 0 Å². The lowest BCUT2D eigenvalue weighted by Gasteiger charge is -2.06. The Morgan fingerprint density at radius 1 is 1.20 bits per heavy atom. The van der Waals surface area contributed by atoms with Gasteiger partial charge in [-0.1, -0.05) is 18.2 Å². The predicted octanol–water partition coefficient (Wildman–Crippen LogP) is 2.46. The normalized spacial score (nSPS) is 10.8. The van der Waals surface area contributed by atoms with Gasteiger partial charge >= 0.3 is 0 Å². The van der Waals surface area contributed by atoms with Crippen LogP contribution in [0.25, 0.3) is 10.9 Å². The molecule has 0 aliphatic carbocycles. The number of hydrogen-bond acceptors (Lipinski definition) is 4. The maximum atomic E-state index is 4.52. The third kappa shape index (κ3) is 2.62. The van der Waals surface area contributed by atoms with Crippen LogP contribution in [0.2, 0.25) is 0 Å². The van der Waals surface area contributed by atoms with E-state index in [1.165, 1.54) is 0 Å². The molecule has 0 spiro atoms. The Hall–Kier alpha value is -2.40. The lowest BCUT2D eigenvalue weighted by molar-refractivity contribution is 0.756. The van der Waals surface area contributed by atoms with E-state index in [-0.39, 0.29) is 0 Å². The first-order valence-electron chi connectivity index (χ1n) is 6.66. The topological polar surface area (TPSA) is 65.6 Å². The first-order valence-corrected chi connectivity index (χ1v) is 6.66. The third-order valence-electron chi connectivity index (χ3n) is 3.16. The average Bonchev–Trinajstić information content (AvgIpc) is 2.89. The van der Waals surface area contributed by atoms with Crippen LogP contribution in [0.3, 0.4) is 0 Å². The first-order chi connectivity index (χ1) is 9.86. The van der Waals surface area contributed by atoms with Crippen molar-refractivity contribution in [2.45, 2.75) is 6.42 Å². The number of anilines is 2. The molecule has 0 unspecified atom stereocenters. The molecular formula is C15H17N5. The van der Waals surface area contributed by atoms with Crippen LogP contribution in [0.4, 0.5) is 11.5 Å². The Morgan fingerprint density at radius 3 is 3.00 bits per heavy atom. The van der Waals surface area contributed by atoms with Crippen molar-refractivity contribution in [3.05, 3.63) is 48.5 Å². The Bertz CT molecular complexity index is 704. The molecule has 0 radical (unpaired) electrons. The first kappa shape index (κ1) is 12.6. The average molecular weight is 267 g/mol. The monoisotopic (exact) mass is 267 g/mol. The zero-order chi connectivity index (χ0) is 13.8. The fourth-order valence-electron chi connectivity index (χ4n) is 2.14. The summed E-state index contributed by atoms with van der Waals surface area (Å²) in [6.07, 6.45) is 4.56. The molecule has 0 saturated carbocycles. The highest BCUT2D eigenvalue weighted by Crippen LogP contribution is 2.25. The molecule has 1 aromatic carbocycles. The van der Waals surface area contributed by atoms with E-state index in [2.05, 4.69) is 37.7 Å². The van der Waals surface area contributed by atoms with Crippen LogP contribution < -0.4 is 10.6 Å². The van der Waals surface area contributed by atoms with Crippen molar-refractivity contribution in [2.24, 2.45) is 0 Å². The summed E-state index contributed by atoms with van der Waals surface area (Å²) < 4.78 is 0. The lowest BCUT2D eigenvalue weighted by Crippen LogP contribution is -2.12. The van der Waals surface area contributed by atoms with Crippen LogP contribution in [-0.2, 0) is 6.42 Å². The molecule has 0 amide bonds. The number of likely N-dealkylation sites (N-methyl/N-ethyl adjacent to an activating group) is 1. The lowest BCUT2D eigenvalue weighted by atomic mass is 10.2. The number of fused-ring (bicyclic) bond motifs is 1. The van der Waals surface area contributed by atoms with E-state index in [1.54, 1.807) is 6.20 Å². The molecule has 2 heterocycles. The van der Waals surface area contributed by atoms with Gasteiger partial charge in [-0.05, 0) is 19.2 Å². The molecule has 0 atom stereocenters. The molecule has 102 valence electrons. The number of hydrogen-bond donors (Lipinski definition) is 3. The van der Waals surface area contributed by atoms with E-state index in [0.717, 1.165) is 41.2 Å². The number of H-pyrrole nitrogens is 1. The standard InChI is InChI=1S/C15H17N5/c1-16-8-6-14-17-9-7-15(20-14)19-13-10-18-12-5-3-2-4-11(12)13/h2-5,7,9-10,16,18H,6,8H2,1H3,(H,17,19,20). The molecule has 0 bridgehead atoms. The van der Waals surface area contributed by atoms with Crippen molar-refractivity contribution in [1.82, 2.24) is 20.3 Å². The molecular weight excluding hydrogens is 250 g/mol. The SMILES string of the molecule is CNCCc1nccc(Nc2c[nH]c3ccccc23)n1. The van der Waals surface area contributed by atoms with E-state index in [1.807, 2.05) is 31.4 Å². The molecule has 3 rings (SSSR count). The number of para-hydroxylation sites is 1. The predicted molar refractivity (Wildman–Crippen MR) is 81.2 cm³/mol. The van der Waals surface area contributed by atoms with Gasteiger partial charge in [0.1, 0.15) is 11.6 Å². The van der Waals surface area contributed by atoms with Crippen molar-refractivity contribution < 1.29 is 0 Å². The van der Waals surface area contributed by atoms with Crippen LogP contribution in [0.1, 0.15) is 5.82 Å². The molecule has 3 N–H and O–H groups in total. The molecule has 0 fully saturated rings. The maximum absolute atomic E-state index is 4.52. The molecule has 5 heteroatoms. The van der Waals surface area contributed by atoms with E-state index in [9.17, 15) is 0 Å². The summed E-state index contributed by atoms with van der Waals surface area (Å²) in [5, 5.41) is 7.60. The van der Waals surface area contributed by atoms with E-state index < -0.39 is 0 Å². The van der Waals surface area contributed by atoms with Crippen molar-refractivity contribution in [2.75, 3.05) is 18.9 Å². The number of benzene rings is 1. The van der Waals surface area contributed by atoms with Crippen LogP contribution >= 0.6 is 0 Å². The molecule has 2 aromatic heterocycles. The summed E-state index contributed by atoms with van der Waals surface area (Å²) in [5.41, 5.74) is 2.14. The van der Waals surface area contributed by atoms with Gasteiger partial charge in [-0.2, -0.15) is 0 Å². The second kappa shape index (κ2) is 5.71. The number of aromatic amines is 1. The minimum Gasteiger partial charge on any atom is -0.359 e. The second-order valence-corrected chi connectivity index (χ2v) is 4.58. The molecule has 0 saturated heterocycles. The van der Waals surface area contributed by atoms with Crippen molar-refractivity contribution in [1.29, 1.82) is 0 Å². The number of rotatable bonds is 5. The van der Waals surface area contributed by atoms with E-state index in [4.69, 9.17) is 0 Å². The Morgan fingerprint density at radius 2 is 2.10 bits per heavy atom. The van der Waals surface area contributed by atoms with Crippen LogP contribution in [-0.4, -0.2) is 28.5 Å². The zero-order valence-electron chi connectivity index (χ0n) is 11.4. The van der Waals surface area contributed by atoms with E-state index >= 15 is 0 Å². The van der Waals surface area contributed by atoms with Gasteiger partial charge in [0.15, 0.2) is 0 Å². The number of nitrogens with zero attached hydrogens (tertiary/aromatic N) is 2. The third-order valence-corrected chi connectivity index (χ3v) is 3.16. The molecule has 5 nitrogen and oxygen atoms in total. The fraction of sp³-hybridized carbons (Fsp3) is 0.200. The van der Waals surface area contributed by atoms with Crippen LogP contribution in [0.15, 0.2) is 42.7 Å². The highest BCUT2D eigenvalue weighted by molar-refractivity contribution is 5.93. The van der Waals surface area contributed by atoms with Gasteiger partial charge in [0.2, 0.25) is 0 Å². The van der Waals surface area contributed by atoms with Gasteiger partial charge in [0.25, 0.3) is 0 Å². The molecule has 0 aliphatic rings. The number of aromatic nitrogens is 3. The Balaban J connectivity index is 1.83. The smallest absolute Gasteiger partial charge is 0.134 e. The van der Waals surface area contributed by atoms with Crippen molar-refractivity contribution in [3.63, 3.8) is 0 Å². The van der Waals surface area contributed by atoms with Gasteiger partial charge in [-0.3, -0.25) is 0 Å². The van der Waals surface area contributed by atoms with Gasteiger partial charge in [-0.15, -0.1) is 0 Å². The summed E-state index contributed by atoms with van der Waals surface area (Å²) in [5.74, 6) is 1.65. The minimum absolute atomic E-state index is 0.816. The number of nitrogens with one attached hydrogen (secondary N) is 3. The van der Waals surface area contributed by atoms with Gasteiger partial charge in [-0.25, -0.2) is 9.97 Å². The van der Waals surface area contributed by atoms with Crippen LogP contribution in [0.5, 0.6) is 0 Å². The fourth-order valence-corrected chi connectivity index (χ4v) is 2.14. The van der Waals surface area contributed by atoms with Crippen molar-refractivity contribution >= 4 is 22.4 Å². The quantitative estimate of drug-likeness (QED) is 0.664. The summed E-state index contributed by atoms with van der Waals surface area (Å²) in [6, 6.07) is 10.1. The van der Waals surface area contributed by atoms with Gasteiger partial charge in [0.05, 0.1) is 5.69 Å². The molecule has 20 heavy (non-hydrogen) atoms. The van der Waals surface area contributed by atoms with E-state index in [0.29, 0.717) is 0 Å². The maximum Gasteiger partial charge on any atom is 0.134 e. The summed E-state index contributed by atoms with van der Waals surface area (Å²) in [7, 11) is 1.92.